The number of benzene rings is 1. The predicted molar refractivity (Wildman–Crippen MR) is 86.9 cm³/mol. The second-order valence-electron chi connectivity index (χ2n) is 7.33. The third-order valence-corrected chi connectivity index (χ3v) is 4.64. The quantitative estimate of drug-likeness (QED) is 0.873. The number of rotatable bonds is 1. The number of pyridine rings is 1. The summed E-state index contributed by atoms with van der Waals surface area (Å²) in [5.74, 6) is -1.71. The molecule has 0 fully saturated rings. The molecule has 23 heavy (non-hydrogen) atoms. The van der Waals surface area contributed by atoms with E-state index in [4.69, 9.17) is 0 Å². The van der Waals surface area contributed by atoms with Crippen LogP contribution in [0, 0.1) is 5.82 Å². The van der Waals surface area contributed by atoms with Crippen LogP contribution < -0.4 is 5.43 Å². The van der Waals surface area contributed by atoms with Crippen molar-refractivity contribution in [2.45, 2.75) is 52.0 Å². The summed E-state index contributed by atoms with van der Waals surface area (Å²) in [6.07, 6.45) is 2.88. The molecule has 0 aliphatic carbocycles. The van der Waals surface area contributed by atoms with Gasteiger partial charge < -0.3 is 9.67 Å². The lowest BCUT2D eigenvalue weighted by molar-refractivity contribution is 0.0694. The molecule has 1 aliphatic heterocycles. The van der Waals surface area contributed by atoms with Crippen LogP contribution in [-0.4, -0.2) is 15.6 Å². The van der Waals surface area contributed by atoms with Crippen molar-refractivity contribution in [1.82, 2.24) is 4.57 Å². The van der Waals surface area contributed by atoms with E-state index < -0.39 is 17.2 Å². The molecular formula is C18H20FNO3. The highest BCUT2D eigenvalue weighted by atomic mass is 19.1. The fraction of sp³-hybridized carbons (Fsp3) is 0.444. The average molecular weight is 317 g/mol. The van der Waals surface area contributed by atoms with E-state index in [9.17, 15) is 19.1 Å². The van der Waals surface area contributed by atoms with Gasteiger partial charge >= 0.3 is 5.97 Å². The van der Waals surface area contributed by atoms with Gasteiger partial charge in [-0.05, 0) is 42.4 Å². The summed E-state index contributed by atoms with van der Waals surface area (Å²) in [4.78, 5) is 23.8. The third-order valence-electron chi connectivity index (χ3n) is 4.64. The lowest BCUT2D eigenvalue weighted by Crippen LogP contribution is -2.27. The zero-order valence-corrected chi connectivity index (χ0v) is 13.7. The van der Waals surface area contributed by atoms with Crippen molar-refractivity contribution in [2.75, 3.05) is 0 Å². The van der Waals surface area contributed by atoms with E-state index in [-0.39, 0.29) is 22.4 Å². The van der Waals surface area contributed by atoms with E-state index in [1.54, 1.807) is 0 Å². The predicted octanol–water partition coefficient (Wildman–Crippen LogP) is 3.64. The number of hydrogen-bond acceptors (Lipinski definition) is 2. The molecule has 1 aromatic heterocycles. The lowest BCUT2D eigenvalue weighted by atomic mass is 9.79. The molecule has 0 unspecified atom stereocenters. The number of aromatic carboxylic acids is 1. The second-order valence-corrected chi connectivity index (χ2v) is 7.33. The summed E-state index contributed by atoms with van der Waals surface area (Å²) in [7, 11) is 0. The van der Waals surface area contributed by atoms with Gasteiger partial charge in [0.2, 0.25) is 5.43 Å². The van der Waals surface area contributed by atoms with Crippen LogP contribution in [0.2, 0.25) is 0 Å². The molecule has 1 aromatic carbocycles. The standard InChI is InChI=1S/C18H20FNO3/c1-9-5-6-10-14(18(2,3)4)13(19)7-11-15(10)20(9)8-12(16(11)21)17(22)23/h7-9H,5-6H2,1-4H3,(H,22,23)/t9-/m0/s1. The zero-order valence-electron chi connectivity index (χ0n) is 13.7. The summed E-state index contributed by atoms with van der Waals surface area (Å²) in [5, 5.41) is 9.43. The Morgan fingerprint density at radius 1 is 1.39 bits per heavy atom. The Balaban J connectivity index is 2.56. The minimum atomic E-state index is -1.28. The van der Waals surface area contributed by atoms with Gasteiger partial charge in [0, 0.05) is 17.6 Å². The monoisotopic (exact) mass is 317 g/mol. The van der Waals surface area contributed by atoms with Crippen molar-refractivity contribution >= 4 is 16.9 Å². The molecule has 0 saturated carbocycles. The first-order chi connectivity index (χ1) is 10.6. The van der Waals surface area contributed by atoms with Gasteiger partial charge in [-0.15, -0.1) is 0 Å². The maximum Gasteiger partial charge on any atom is 0.341 e. The van der Waals surface area contributed by atoms with E-state index in [1.165, 1.54) is 12.3 Å². The molecule has 0 spiro atoms. The third kappa shape index (κ3) is 2.26. The van der Waals surface area contributed by atoms with Crippen LogP contribution in [0.15, 0.2) is 17.1 Å². The normalized spacial score (nSPS) is 17.5. The van der Waals surface area contributed by atoms with Crippen LogP contribution in [0.4, 0.5) is 4.39 Å². The Labute approximate surface area is 133 Å². The highest BCUT2D eigenvalue weighted by molar-refractivity contribution is 5.94. The zero-order chi connectivity index (χ0) is 17.1. The molecule has 0 radical (unpaired) electrons. The van der Waals surface area contributed by atoms with Gasteiger partial charge in [0.05, 0.1) is 5.52 Å². The number of aryl methyl sites for hydroxylation is 1. The maximum absolute atomic E-state index is 14.7. The maximum atomic E-state index is 14.7. The second kappa shape index (κ2) is 4.91. The van der Waals surface area contributed by atoms with Crippen LogP contribution in [0.1, 0.15) is 61.6 Å². The van der Waals surface area contributed by atoms with Gasteiger partial charge in [0.15, 0.2) is 0 Å². The van der Waals surface area contributed by atoms with Gasteiger partial charge in [0.1, 0.15) is 11.4 Å². The number of hydrogen-bond donors (Lipinski definition) is 1. The van der Waals surface area contributed by atoms with Gasteiger partial charge in [-0.3, -0.25) is 4.79 Å². The minimum Gasteiger partial charge on any atom is -0.477 e. The van der Waals surface area contributed by atoms with Crippen molar-refractivity contribution in [3.63, 3.8) is 0 Å². The van der Waals surface area contributed by atoms with Crippen LogP contribution in [0.5, 0.6) is 0 Å². The van der Waals surface area contributed by atoms with E-state index >= 15 is 0 Å². The van der Waals surface area contributed by atoms with Crippen LogP contribution >= 0.6 is 0 Å². The summed E-state index contributed by atoms with van der Waals surface area (Å²) in [6, 6.07) is 1.28. The molecule has 0 saturated heterocycles. The summed E-state index contributed by atoms with van der Waals surface area (Å²) in [6.45, 7) is 7.82. The van der Waals surface area contributed by atoms with Crippen molar-refractivity contribution in [2.24, 2.45) is 0 Å². The number of carboxylic acid groups (broad SMARTS) is 1. The van der Waals surface area contributed by atoms with Crippen LogP contribution in [-0.2, 0) is 11.8 Å². The van der Waals surface area contributed by atoms with Gasteiger partial charge in [-0.2, -0.15) is 0 Å². The fourth-order valence-corrected chi connectivity index (χ4v) is 3.61. The topological polar surface area (TPSA) is 59.3 Å². The molecule has 3 rings (SSSR count). The van der Waals surface area contributed by atoms with Crippen molar-refractivity contribution in [1.29, 1.82) is 0 Å². The average Bonchev–Trinajstić information content (AvgIpc) is 2.42. The van der Waals surface area contributed by atoms with Crippen molar-refractivity contribution in [3.05, 3.63) is 45.0 Å². The summed E-state index contributed by atoms with van der Waals surface area (Å²) >= 11 is 0. The number of nitrogens with zero attached hydrogens (tertiary/aromatic N) is 1. The molecule has 1 atom stereocenters. The van der Waals surface area contributed by atoms with Crippen LogP contribution in [0.25, 0.3) is 10.9 Å². The van der Waals surface area contributed by atoms with E-state index in [0.29, 0.717) is 17.5 Å². The smallest absolute Gasteiger partial charge is 0.341 e. The molecule has 1 N–H and O–H groups in total. The molecule has 0 bridgehead atoms. The van der Waals surface area contributed by atoms with E-state index in [1.807, 2.05) is 32.3 Å². The molecule has 2 heterocycles. The molecule has 5 heteroatoms. The molecular weight excluding hydrogens is 297 g/mol. The molecule has 1 aliphatic rings. The lowest BCUT2D eigenvalue weighted by Gasteiger charge is -2.32. The largest absolute Gasteiger partial charge is 0.477 e. The number of carboxylic acids is 1. The highest BCUT2D eigenvalue weighted by Gasteiger charge is 2.30. The summed E-state index contributed by atoms with van der Waals surface area (Å²) in [5.41, 5.74) is 0.831. The van der Waals surface area contributed by atoms with E-state index in [2.05, 4.69) is 0 Å². The first-order valence-electron chi connectivity index (χ1n) is 7.77. The highest BCUT2D eigenvalue weighted by Crippen LogP contribution is 2.38. The Bertz CT molecular complexity index is 890. The first-order valence-corrected chi connectivity index (χ1v) is 7.77. The van der Waals surface area contributed by atoms with Gasteiger partial charge in [0.25, 0.3) is 0 Å². The van der Waals surface area contributed by atoms with Gasteiger partial charge in [-0.1, -0.05) is 20.8 Å². The fourth-order valence-electron chi connectivity index (χ4n) is 3.61. The number of halogens is 1. The van der Waals surface area contributed by atoms with Crippen molar-refractivity contribution in [3.8, 4) is 0 Å². The Hall–Kier alpha value is -2.17. The minimum absolute atomic E-state index is 0.0713. The Kier molecular flexibility index (Phi) is 3.36. The van der Waals surface area contributed by atoms with E-state index in [0.717, 1.165) is 12.0 Å². The summed E-state index contributed by atoms with van der Waals surface area (Å²) < 4.78 is 16.6. The SMILES string of the molecule is C[C@H]1CCc2c(C(C)(C)C)c(F)cc3c(=O)c(C(=O)O)cn1c23. The first kappa shape index (κ1) is 15.7. The molecule has 4 nitrogen and oxygen atoms in total. The molecule has 122 valence electrons. The van der Waals surface area contributed by atoms with Crippen LogP contribution in [0.3, 0.4) is 0 Å². The van der Waals surface area contributed by atoms with Crippen molar-refractivity contribution < 1.29 is 14.3 Å². The molecule has 2 aromatic rings. The van der Waals surface area contributed by atoms with Gasteiger partial charge in [-0.25, -0.2) is 9.18 Å². The Morgan fingerprint density at radius 3 is 2.61 bits per heavy atom. The number of carbonyl (C=O) groups is 1. The Morgan fingerprint density at radius 2 is 2.04 bits per heavy atom. The molecule has 0 amide bonds. The number of aromatic nitrogens is 1.